The van der Waals surface area contributed by atoms with Crippen LogP contribution >= 0.6 is 11.6 Å². The van der Waals surface area contributed by atoms with Crippen LogP contribution in [0.5, 0.6) is 11.5 Å². The second-order valence-corrected chi connectivity index (χ2v) is 11.4. The van der Waals surface area contributed by atoms with Crippen LogP contribution < -0.4 is 15.4 Å². The molecule has 0 unspecified atom stereocenters. The number of methoxy groups -OCH3 is 1. The monoisotopic (exact) mass is 547 g/mol. The number of pyridine rings is 1. The van der Waals surface area contributed by atoms with Gasteiger partial charge in [-0.05, 0) is 86.8 Å². The largest absolute Gasteiger partial charge is 0.504 e. The van der Waals surface area contributed by atoms with Gasteiger partial charge in [-0.1, -0.05) is 42.2 Å². The summed E-state index contributed by atoms with van der Waals surface area (Å²) in [5, 5.41) is 18.3. The molecule has 206 valence electrons. The molecule has 1 aromatic heterocycles. The number of allylic oxidation sites excluding steroid dienone is 2. The molecule has 0 spiro atoms. The van der Waals surface area contributed by atoms with Crippen molar-refractivity contribution in [3.8, 4) is 11.5 Å². The maximum atomic E-state index is 12.3. The summed E-state index contributed by atoms with van der Waals surface area (Å²) in [6.45, 7) is 3.58. The Morgan fingerprint density at radius 1 is 1.13 bits per heavy atom. The maximum absolute atomic E-state index is 12.3. The van der Waals surface area contributed by atoms with E-state index in [0.29, 0.717) is 30.6 Å². The molecule has 0 saturated heterocycles. The molecule has 1 amide bonds. The number of phenolic OH excluding ortho intramolecular Hbond substituents is 1. The number of rotatable bonds is 11. The Morgan fingerprint density at radius 3 is 2.82 bits per heavy atom. The van der Waals surface area contributed by atoms with E-state index in [-0.39, 0.29) is 11.7 Å². The van der Waals surface area contributed by atoms with Gasteiger partial charge in [-0.3, -0.25) is 9.78 Å². The Labute approximate surface area is 235 Å². The molecule has 2 bridgehead atoms. The molecule has 39 heavy (non-hydrogen) atoms. The quantitative estimate of drug-likeness (QED) is 0.173. The number of anilines is 1. The first-order chi connectivity index (χ1) is 18.9. The number of nitrogens with one attached hydrogen (secondary N) is 2. The fourth-order valence-electron chi connectivity index (χ4n) is 6.17. The van der Waals surface area contributed by atoms with Crippen LogP contribution in [0.4, 0.5) is 5.69 Å². The SMILES string of the molecule is COc1cc(CNC(=O)CCCCCCNc2c3c(nc4cc(Cl)ccc24)C[C@H]2C=C(C)C[C@@H]3C2)ccc1O. The Hall–Kier alpha value is -3.25. The number of amides is 1. The zero-order valence-corrected chi connectivity index (χ0v) is 23.6. The van der Waals surface area contributed by atoms with Gasteiger partial charge in [0.05, 0.1) is 12.6 Å². The van der Waals surface area contributed by atoms with Crippen molar-refractivity contribution in [1.82, 2.24) is 10.3 Å². The third kappa shape index (κ3) is 6.50. The molecule has 3 aromatic rings. The van der Waals surface area contributed by atoms with Gasteiger partial charge in [0.15, 0.2) is 11.5 Å². The number of nitrogens with zero attached hydrogens (tertiary/aromatic N) is 1. The Balaban J connectivity index is 1.11. The molecule has 2 aromatic carbocycles. The fraction of sp³-hybridized carbons (Fsp3) is 0.438. The topological polar surface area (TPSA) is 83.5 Å². The molecular formula is C32H38ClN3O3. The first kappa shape index (κ1) is 27.3. The average Bonchev–Trinajstić information content (AvgIpc) is 2.91. The number of hydrogen-bond donors (Lipinski definition) is 3. The van der Waals surface area contributed by atoms with Crippen molar-refractivity contribution in [2.24, 2.45) is 5.92 Å². The molecule has 0 saturated carbocycles. The number of carbonyl (C=O) groups excluding carboxylic acids is 1. The minimum atomic E-state index is 0.0452. The summed E-state index contributed by atoms with van der Waals surface area (Å²) < 4.78 is 5.13. The number of aromatic nitrogens is 1. The zero-order valence-electron chi connectivity index (χ0n) is 22.9. The van der Waals surface area contributed by atoms with Gasteiger partial charge in [0.1, 0.15) is 0 Å². The van der Waals surface area contributed by atoms with Crippen molar-refractivity contribution in [2.75, 3.05) is 19.0 Å². The molecule has 2 aliphatic carbocycles. The van der Waals surface area contributed by atoms with E-state index in [4.69, 9.17) is 21.3 Å². The number of phenols is 1. The number of ether oxygens (including phenoxy) is 1. The normalized spacial score (nSPS) is 17.9. The predicted molar refractivity (Wildman–Crippen MR) is 158 cm³/mol. The molecule has 0 radical (unpaired) electrons. The second kappa shape index (κ2) is 12.3. The van der Waals surface area contributed by atoms with Gasteiger partial charge >= 0.3 is 0 Å². The fourth-order valence-corrected chi connectivity index (χ4v) is 6.34. The Morgan fingerprint density at radius 2 is 1.97 bits per heavy atom. The summed E-state index contributed by atoms with van der Waals surface area (Å²) in [4.78, 5) is 17.4. The van der Waals surface area contributed by atoms with Gasteiger partial charge in [0.2, 0.25) is 5.91 Å². The van der Waals surface area contributed by atoms with E-state index in [1.807, 2.05) is 12.1 Å². The lowest BCUT2D eigenvalue weighted by molar-refractivity contribution is -0.121. The first-order valence-electron chi connectivity index (χ1n) is 14.1. The minimum Gasteiger partial charge on any atom is -0.504 e. The smallest absolute Gasteiger partial charge is 0.220 e. The molecule has 6 nitrogen and oxygen atoms in total. The van der Waals surface area contributed by atoms with Gasteiger partial charge in [0, 0.05) is 46.9 Å². The highest BCUT2D eigenvalue weighted by Gasteiger charge is 2.33. The summed E-state index contributed by atoms with van der Waals surface area (Å²) in [6, 6.07) is 11.2. The predicted octanol–water partition coefficient (Wildman–Crippen LogP) is 7.28. The molecule has 7 heteroatoms. The maximum Gasteiger partial charge on any atom is 0.220 e. The van der Waals surface area contributed by atoms with Gasteiger partial charge < -0.3 is 20.5 Å². The molecule has 0 aliphatic heterocycles. The van der Waals surface area contributed by atoms with Gasteiger partial charge in [-0.15, -0.1) is 0 Å². The number of hydrogen-bond acceptors (Lipinski definition) is 5. The molecule has 2 aliphatic rings. The number of fused-ring (bicyclic) bond motifs is 5. The summed E-state index contributed by atoms with van der Waals surface area (Å²) in [7, 11) is 1.51. The molecule has 0 fully saturated rings. The molecule has 5 rings (SSSR count). The van der Waals surface area contributed by atoms with Gasteiger partial charge in [-0.2, -0.15) is 0 Å². The van der Waals surface area contributed by atoms with Crippen molar-refractivity contribution in [3.05, 3.63) is 69.9 Å². The summed E-state index contributed by atoms with van der Waals surface area (Å²) in [6.07, 6.45) is 10.3. The highest BCUT2D eigenvalue weighted by Crippen LogP contribution is 2.47. The third-order valence-electron chi connectivity index (χ3n) is 7.97. The molecule has 1 heterocycles. The van der Waals surface area contributed by atoms with Crippen LogP contribution in [0.1, 0.15) is 74.6 Å². The summed E-state index contributed by atoms with van der Waals surface area (Å²) >= 11 is 6.32. The van der Waals surface area contributed by atoms with Crippen molar-refractivity contribution < 1.29 is 14.6 Å². The zero-order chi connectivity index (χ0) is 27.4. The minimum absolute atomic E-state index is 0.0452. The molecule has 3 N–H and O–H groups in total. The van der Waals surface area contributed by atoms with Crippen molar-refractivity contribution in [3.63, 3.8) is 0 Å². The van der Waals surface area contributed by atoms with Crippen LogP contribution in [0, 0.1) is 5.92 Å². The van der Waals surface area contributed by atoms with E-state index >= 15 is 0 Å². The Bertz CT molecular complexity index is 1390. The second-order valence-electron chi connectivity index (χ2n) is 11.0. The van der Waals surface area contributed by atoms with Crippen LogP contribution in [0.3, 0.4) is 0 Å². The summed E-state index contributed by atoms with van der Waals surface area (Å²) in [5.41, 5.74) is 7.25. The van der Waals surface area contributed by atoms with E-state index < -0.39 is 0 Å². The third-order valence-corrected chi connectivity index (χ3v) is 8.21. The summed E-state index contributed by atoms with van der Waals surface area (Å²) in [5.74, 6) is 1.67. The highest BCUT2D eigenvalue weighted by molar-refractivity contribution is 6.31. The van der Waals surface area contributed by atoms with E-state index in [1.165, 1.54) is 36.0 Å². The highest BCUT2D eigenvalue weighted by atomic mass is 35.5. The average molecular weight is 548 g/mol. The van der Waals surface area contributed by atoms with Crippen LogP contribution in [-0.4, -0.2) is 29.7 Å². The first-order valence-corrected chi connectivity index (χ1v) is 14.4. The number of carbonyl (C=O) groups is 1. The number of unbranched alkanes of at least 4 members (excludes halogenated alkanes) is 3. The van der Waals surface area contributed by atoms with E-state index in [0.717, 1.165) is 66.6 Å². The van der Waals surface area contributed by atoms with Gasteiger partial charge in [0.25, 0.3) is 0 Å². The van der Waals surface area contributed by atoms with Crippen molar-refractivity contribution in [2.45, 2.75) is 70.8 Å². The lowest BCUT2D eigenvalue weighted by atomic mass is 9.71. The lowest BCUT2D eigenvalue weighted by Gasteiger charge is -2.36. The van der Waals surface area contributed by atoms with Crippen LogP contribution in [-0.2, 0) is 17.8 Å². The standard InChI is InChI=1S/C32H38ClN3O3/c1-20-13-22-15-23(14-20)31-27(16-22)36-26-18-24(33)9-10-25(26)32(31)34-12-6-4-3-5-7-30(38)35-19-21-8-11-28(37)29(17-21)39-2/h8-11,13,17-18,22-23,37H,3-7,12,14-16,19H2,1-2H3,(H,34,36)(H,35,38)/t22-,23+/m0/s1. The number of halogens is 1. The number of benzene rings is 2. The van der Waals surface area contributed by atoms with Crippen LogP contribution in [0.2, 0.25) is 5.02 Å². The van der Waals surface area contributed by atoms with Crippen molar-refractivity contribution in [1.29, 1.82) is 0 Å². The Kier molecular flexibility index (Phi) is 8.61. The van der Waals surface area contributed by atoms with E-state index in [1.54, 1.807) is 18.2 Å². The van der Waals surface area contributed by atoms with E-state index in [2.05, 4.69) is 29.7 Å². The molecule has 2 atom stereocenters. The number of aromatic hydroxyl groups is 1. The van der Waals surface area contributed by atoms with Crippen molar-refractivity contribution >= 4 is 34.1 Å². The van der Waals surface area contributed by atoms with Gasteiger partial charge in [-0.25, -0.2) is 0 Å². The molecular weight excluding hydrogens is 510 g/mol. The van der Waals surface area contributed by atoms with Crippen LogP contribution in [0.15, 0.2) is 48.0 Å². The van der Waals surface area contributed by atoms with E-state index in [9.17, 15) is 9.90 Å². The van der Waals surface area contributed by atoms with Crippen LogP contribution in [0.25, 0.3) is 10.9 Å². The lowest BCUT2D eigenvalue weighted by Crippen LogP contribution is -2.24.